The molecule has 0 aliphatic rings. The standard InChI is InChI=1S/C29H24N4/c1-3-11-22(12-4-1)19-29(33-27-18-10-8-16-25(27)30-31-33)28-20-24-15-7-9-17-26(24)32(28)21-23-13-5-2-6-14-23/h1-18,20,29H,19,21H2. The monoisotopic (exact) mass is 428 g/mol. The molecule has 0 radical (unpaired) electrons. The fraction of sp³-hybridized carbons (Fsp3) is 0.103. The van der Waals surface area contributed by atoms with Gasteiger partial charge in [-0.3, -0.25) is 0 Å². The summed E-state index contributed by atoms with van der Waals surface area (Å²) in [5, 5.41) is 10.4. The van der Waals surface area contributed by atoms with Gasteiger partial charge in [0.1, 0.15) is 5.52 Å². The molecule has 4 aromatic carbocycles. The first kappa shape index (κ1) is 19.5. The van der Waals surface area contributed by atoms with Crippen LogP contribution >= 0.6 is 0 Å². The molecule has 0 aliphatic heterocycles. The smallest absolute Gasteiger partial charge is 0.113 e. The van der Waals surface area contributed by atoms with Gasteiger partial charge in [0.25, 0.3) is 0 Å². The fourth-order valence-corrected chi connectivity index (χ4v) is 4.72. The van der Waals surface area contributed by atoms with Crippen molar-refractivity contribution in [2.45, 2.75) is 19.0 Å². The summed E-state index contributed by atoms with van der Waals surface area (Å²) in [4.78, 5) is 0. The Kier molecular flexibility index (Phi) is 4.96. The van der Waals surface area contributed by atoms with Gasteiger partial charge >= 0.3 is 0 Å². The molecule has 2 heterocycles. The molecular weight excluding hydrogens is 404 g/mol. The van der Waals surface area contributed by atoms with Crippen molar-refractivity contribution in [1.82, 2.24) is 19.6 Å². The van der Waals surface area contributed by atoms with Gasteiger partial charge in [-0.2, -0.15) is 0 Å². The normalized spacial score (nSPS) is 12.4. The van der Waals surface area contributed by atoms with Crippen LogP contribution in [0.2, 0.25) is 0 Å². The van der Waals surface area contributed by atoms with Gasteiger partial charge in [-0.25, -0.2) is 4.68 Å². The first-order valence-electron chi connectivity index (χ1n) is 11.3. The predicted octanol–water partition coefficient (Wildman–Crippen LogP) is 6.27. The summed E-state index contributed by atoms with van der Waals surface area (Å²) in [6, 6.07) is 40.5. The highest BCUT2D eigenvalue weighted by atomic mass is 15.4. The maximum atomic E-state index is 4.64. The van der Waals surface area contributed by atoms with E-state index in [0.29, 0.717) is 0 Å². The molecule has 0 fully saturated rings. The van der Waals surface area contributed by atoms with Crippen LogP contribution in [0.3, 0.4) is 0 Å². The summed E-state index contributed by atoms with van der Waals surface area (Å²) >= 11 is 0. The Morgan fingerprint density at radius 1 is 0.636 bits per heavy atom. The molecule has 4 heteroatoms. The third kappa shape index (κ3) is 3.70. The Hall–Kier alpha value is -4.18. The van der Waals surface area contributed by atoms with Crippen LogP contribution in [0.25, 0.3) is 21.9 Å². The van der Waals surface area contributed by atoms with E-state index >= 15 is 0 Å². The molecule has 4 nitrogen and oxygen atoms in total. The quantitative estimate of drug-likeness (QED) is 0.314. The van der Waals surface area contributed by atoms with Crippen LogP contribution in [-0.4, -0.2) is 19.6 Å². The molecule has 0 saturated carbocycles. The van der Waals surface area contributed by atoms with Crippen molar-refractivity contribution in [3.63, 3.8) is 0 Å². The highest BCUT2D eigenvalue weighted by molar-refractivity contribution is 5.82. The molecule has 0 spiro atoms. The lowest BCUT2D eigenvalue weighted by molar-refractivity contribution is 0.491. The SMILES string of the molecule is c1ccc(CC(c2cc3ccccc3n2Cc2ccccc2)n2nnc3ccccc32)cc1. The maximum absolute atomic E-state index is 4.64. The summed E-state index contributed by atoms with van der Waals surface area (Å²) in [5.74, 6) is 0. The van der Waals surface area contributed by atoms with E-state index in [1.807, 2.05) is 12.1 Å². The van der Waals surface area contributed by atoms with E-state index in [1.54, 1.807) is 0 Å². The molecule has 33 heavy (non-hydrogen) atoms. The lowest BCUT2D eigenvalue weighted by Crippen LogP contribution is -2.19. The maximum Gasteiger partial charge on any atom is 0.113 e. The lowest BCUT2D eigenvalue weighted by Gasteiger charge is -2.21. The largest absolute Gasteiger partial charge is 0.338 e. The topological polar surface area (TPSA) is 35.6 Å². The Morgan fingerprint density at radius 2 is 1.27 bits per heavy atom. The molecule has 1 atom stereocenters. The average Bonchev–Trinajstić information content (AvgIpc) is 3.46. The first-order chi connectivity index (χ1) is 16.4. The van der Waals surface area contributed by atoms with Gasteiger partial charge in [0, 0.05) is 24.2 Å². The Morgan fingerprint density at radius 3 is 2.06 bits per heavy atom. The number of fused-ring (bicyclic) bond motifs is 2. The third-order valence-electron chi connectivity index (χ3n) is 6.31. The number of rotatable bonds is 6. The zero-order valence-corrected chi connectivity index (χ0v) is 18.3. The molecule has 6 rings (SSSR count). The van der Waals surface area contributed by atoms with Crippen LogP contribution in [0.4, 0.5) is 0 Å². The zero-order chi connectivity index (χ0) is 22.0. The minimum absolute atomic E-state index is 0.0101. The van der Waals surface area contributed by atoms with Gasteiger partial charge < -0.3 is 4.57 Å². The summed E-state index contributed by atoms with van der Waals surface area (Å²) in [6.07, 6.45) is 0.833. The Bertz CT molecular complexity index is 1510. The zero-order valence-electron chi connectivity index (χ0n) is 18.3. The number of para-hydroxylation sites is 2. The Labute approximate surface area is 192 Å². The minimum Gasteiger partial charge on any atom is -0.338 e. The second-order valence-corrected chi connectivity index (χ2v) is 8.43. The molecule has 6 aromatic rings. The molecule has 2 aromatic heterocycles. The molecule has 0 N–H and O–H groups in total. The number of benzene rings is 4. The third-order valence-corrected chi connectivity index (χ3v) is 6.31. The van der Waals surface area contributed by atoms with Gasteiger partial charge in [-0.15, -0.1) is 5.10 Å². The molecule has 160 valence electrons. The van der Waals surface area contributed by atoms with E-state index in [4.69, 9.17) is 0 Å². The molecule has 0 amide bonds. The summed E-state index contributed by atoms with van der Waals surface area (Å²) in [7, 11) is 0. The second-order valence-electron chi connectivity index (χ2n) is 8.43. The van der Waals surface area contributed by atoms with Crippen LogP contribution in [0, 0.1) is 0 Å². The molecule has 0 bridgehead atoms. The molecule has 0 aliphatic carbocycles. The second kappa shape index (κ2) is 8.40. The van der Waals surface area contributed by atoms with Crippen LogP contribution in [-0.2, 0) is 13.0 Å². The van der Waals surface area contributed by atoms with E-state index in [1.165, 1.54) is 27.7 Å². The van der Waals surface area contributed by atoms with E-state index in [-0.39, 0.29) is 6.04 Å². The van der Waals surface area contributed by atoms with Gasteiger partial charge in [0.2, 0.25) is 0 Å². The van der Waals surface area contributed by atoms with E-state index < -0.39 is 0 Å². The van der Waals surface area contributed by atoms with Crippen molar-refractivity contribution in [2.75, 3.05) is 0 Å². The molecular formula is C29H24N4. The van der Waals surface area contributed by atoms with E-state index in [0.717, 1.165) is 24.0 Å². The summed E-state index contributed by atoms with van der Waals surface area (Å²) in [6.45, 7) is 0.807. The summed E-state index contributed by atoms with van der Waals surface area (Å²) in [5.41, 5.74) is 7.00. The average molecular weight is 429 g/mol. The fourth-order valence-electron chi connectivity index (χ4n) is 4.72. The summed E-state index contributed by atoms with van der Waals surface area (Å²) < 4.78 is 4.53. The van der Waals surface area contributed by atoms with Crippen molar-refractivity contribution in [3.05, 3.63) is 132 Å². The van der Waals surface area contributed by atoms with Crippen molar-refractivity contribution >= 4 is 21.9 Å². The minimum atomic E-state index is 0.0101. The van der Waals surface area contributed by atoms with Gasteiger partial charge in [0.05, 0.1) is 11.6 Å². The number of nitrogens with zero attached hydrogens (tertiary/aromatic N) is 4. The Balaban J connectivity index is 1.56. The number of hydrogen-bond donors (Lipinski definition) is 0. The van der Waals surface area contributed by atoms with Crippen LogP contribution in [0.15, 0.2) is 115 Å². The number of aromatic nitrogens is 4. The van der Waals surface area contributed by atoms with Crippen molar-refractivity contribution in [1.29, 1.82) is 0 Å². The van der Waals surface area contributed by atoms with E-state index in [9.17, 15) is 0 Å². The predicted molar refractivity (Wildman–Crippen MR) is 133 cm³/mol. The highest BCUT2D eigenvalue weighted by Gasteiger charge is 2.23. The highest BCUT2D eigenvalue weighted by Crippen LogP contribution is 2.31. The van der Waals surface area contributed by atoms with Gasteiger partial charge in [-0.1, -0.05) is 96.2 Å². The molecule has 1 unspecified atom stereocenters. The van der Waals surface area contributed by atoms with E-state index in [2.05, 4.69) is 123 Å². The number of hydrogen-bond acceptors (Lipinski definition) is 2. The molecule has 0 saturated heterocycles. The first-order valence-corrected chi connectivity index (χ1v) is 11.3. The van der Waals surface area contributed by atoms with Crippen molar-refractivity contribution < 1.29 is 0 Å². The van der Waals surface area contributed by atoms with Crippen LogP contribution in [0.1, 0.15) is 22.9 Å². The lowest BCUT2D eigenvalue weighted by atomic mass is 10.0. The van der Waals surface area contributed by atoms with Crippen LogP contribution < -0.4 is 0 Å². The van der Waals surface area contributed by atoms with Crippen molar-refractivity contribution in [2.24, 2.45) is 0 Å². The van der Waals surface area contributed by atoms with Crippen LogP contribution in [0.5, 0.6) is 0 Å². The van der Waals surface area contributed by atoms with Crippen molar-refractivity contribution in [3.8, 4) is 0 Å². The van der Waals surface area contributed by atoms with Gasteiger partial charge in [-0.05, 0) is 40.8 Å². The van der Waals surface area contributed by atoms with Gasteiger partial charge in [0.15, 0.2) is 0 Å².